The zero-order chi connectivity index (χ0) is 13.1. The molecule has 2 rings (SSSR count). The number of rotatable bonds is 3. The molecule has 0 saturated heterocycles. The van der Waals surface area contributed by atoms with Crippen LogP contribution in [0.25, 0.3) is 0 Å². The molecular weight excluding hydrogens is 246 g/mol. The molecule has 0 bridgehead atoms. The molecule has 0 aliphatic heterocycles. The molecule has 2 aromatic rings. The van der Waals surface area contributed by atoms with Gasteiger partial charge < -0.3 is 4.74 Å². The van der Waals surface area contributed by atoms with Gasteiger partial charge in [0.15, 0.2) is 0 Å². The highest BCUT2D eigenvalue weighted by atomic mass is 35.5. The molecule has 0 radical (unpaired) electrons. The molecule has 0 aliphatic rings. The van der Waals surface area contributed by atoms with Crippen molar-refractivity contribution in [3.63, 3.8) is 0 Å². The van der Waals surface area contributed by atoms with Crippen LogP contribution >= 0.6 is 11.6 Å². The fourth-order valence-corrected chi connectivity index (χ4v) is 1.92. The van der Waals surface area contributed by atoms with Gasteiger partial charge in [0, 0.05) is 17.6 Å². The largest absolute Gasteiger partial charge is 0.439 e. The lowest BCUT2D eigenvalue weighted by Crippen LogP contribution is -1.94. The second kappa shape index (κ2) is 5.40. The molecule has 0 saturated carbocycles. The Morgan fingerprint density at radius 1 is 1.11 bits per heavy atom. The predicted octanol–water partition coefficient (Wildman–Crippen LogP) is 4.54. The topological polar surface area (TPSA) is 22.1 Å². The zero-order valence-corrected chi connectivity index (χ0v) is 11.6. The molecule has 1 aromatic heterocycles. The summed E-state index contributed by atoms with van der Waals surface area (Å²) in [5.74, 6) is 1.90. The smallest absolute Gasteiger partial charge is 0.219 e. The van der Waals surface area contributed by atoms with Crippen molar-refractivity contribution in [3.8, 4) is 11.6 Å². The molecule has 18 heavy (non-hydrogen) atoms. The van der Waals surface area contributed by atoms with Crippen LogP contribution in [-0.2, 0) is 5.88 Å². The zero-order valence-electron chi connectivity index (χ0n) is 10.8. The maximum atomic E-state index is 5.85. The summed E-state index contributed by atoms with van der Waals surface area (Å²) in [4.78, 5) is 4.37. The quantitative estimate of drug-likeness (QED) is 0.757. The monoisotopic (exact) mass is 261 g/mol. The van der Waals surface area contributed by atoms with Crippen LogP contribution in [0.2, 0.25) is 0 Å². The molecule has 0 spiro atoms. The van der Waals surface area contributed by atoms with E-state index < -0.39 is 0 Å². The lowest BCUT2D eigenvalue weighted by atomic mass is 10.1. The third-order valence-corrected chi connectivity index (χ3v) is 3.01. The molecule has 1 aromatic carbocycles. The van der Waals surface area contributed by atoms with Gasteiger partial charge in [-0.25, -0.2) is 4.98 Å². The SMILES string of the molecule is Cc1ccc(C)c(Oc2cc(CCl)cc(C)n2)c1. The number of aryl methyl sites for hydroxylation is 3. The maximum Gasteiger partial charge on any atom is 0.219 e. The van der Waals surface area contributed by atoms with Crippen LogP contribution < -0.4 is 4.74 Å². The van der Waals surface area contributed by atoms with Gasteiger partial charge in [-0.2, -0.15) is 0 Å². The van der Waals surface area contributed by atoms with Gasteiger partial charge in [0.1, 0.15) is 5.75 Å². The van der Waals surface area contributed by atoms with E-state index in [1.54, 1.807) is 0 Å². The average molecular weight is 262 g/mol. The van der Waals surface area contributed by atoms with Gasteiger partial charge in [-0.15, -0.1) is 11.6 Å². The Morgan fingerprint density at radius 2 is 1.89 bits per heavy atom. The number of ether oxygens (including phenoxy) is 1. The first-order chi connectivity index (χ1) is 8.58. The van der Waals surface area contributed by atoms with Gasteiger partial charge >= 0.3 is 0 Å². The van der Waals surface area contributed by atoms with Crippen molar-refractivity contribution in [2.45, 2.75) is 26.7 Å². The second-order valence-electron chi connectivity index (χ2n) is 4.46. The van der Waals surface area contributed by atoms with Gasteiger partial charge in [0.2, 0.25) is 5.88 Å². The molecule has 0 atom stereocenters. The lowest BCUT2D eigenvalue weighted by molar-refractivity contribution is 0.457. The Morgan fingerprint density at radius 3 is 2.61 bits per heavy atom. The highest BCUT2D eigenvalue weighted by molar-refractivity contribution is 6.17. The van der Waals surface area contributed by atoms with E-state index >= 15 is 0 Å². The Hall–Kier alpha value is -1.54. The van der Waals surface area contributed by atoms with Crippen molar-refractivity contribution in [1.82, 2.24) is 4.98 Å². The highest BCUT2D eigenvalue weighted by Gasteiger charge is 2.05. The predicted molar refractivity (Wildman–Crippen MR) is 74.5 cm³/mol. The number of alkyl halides is 1. The standard InChI is InChI=1S/C15H16ClNO/c1-10-4-5-11(2)14(6-10)18-15-8-13(9-16)7-12(3)17-15/h4-8H,9H2,1-3H3. The van der Waals surface area contributed by atoms with Crippen LogP contribution in [0, 0.1) is 20.8 Å². The summed E-state index contributed by atoms with van der Waals surface area (Å²) in [6, 6.07) is 9.96. The molecule has 0 N–H and O–H groups in total. The van der Waals surface area contributed by atoms with E-state index in [0.29, 0.717) is 11.8 Å². The van der Waals surface area contributed by atoms with Crippen molar-refractivity contribution < 1.29 is 4.74 Å². The number of nitrogens with zero attached hydrogens (tertiary/aromatic N) is 1. The van der Waals surface area contributed by atoms with E-state index in [2.05, 4.69) is 11.1 Å². The second-order valence-corrected chi connectivity index (χ2v) is 4.73. The lowest BCUT2D eigenvalue weighted by Gasteiger charge is -2.10. The third kappa shape index (κ3) is 3.02. The first-order valence-corrected chi connectivity index (χ1v) is 6.40. The van der Waals surface area contributed by atoms with Crippen molar-refractivity contribution in [2.24, 2.45) is 0 Å². The summed E-state index contributed by atoms with van der Waals surface area (Å²) in [7, 11) is 0. The number of hydrogen-bond acceptors (Lipinski definition) is 2. The molecule has 0 aliphatic carbocycles. The van der Waals surface area contributed by atoms with Crippen LogP contribution in [0.1, 0.15) is 22.4 Å². The number of benzene rings is 1. The number of hydrogen-bond donors (Lipinski definition) is 0. The Balaban J connectivity index is 2.33. The minimum Gasteiger partial charge on any atom is -0.439 e. The summed E-state index contributed by atoms with van der Waals surface area (Å²) >= 11 is 5.85. The van der Waals surface area contributed by atoms with Crippen molar-refractivity contribution in [1.29, 1.82) is 0 Å². The molecule has 0 unspecified atom stereocenters. The third-order valence-electron chi connectivity index (χ3n) is 2.70. The average Bonchev–Trinajstić information content (AvgIpc) is 2.33. The minimum absolute atomic E-state index is 0.465. The normalized spacial score (nSPS) is 10.4. The van der Waals surface area contributed by atoms with Gasteiger partial charge in [-0.1, -0.05) is 12.1 Å². The van der Waals surface area contributed by atoms with E-state index in [0.717, 1.165) is 22.6 Å². The molecule has 94 valence electrons. The molecule has 3 heteroatoms. The summed E-state index contributed by atoms with van der Waals surface area (Å²) in [6.45, 7) is 6.00. The minimum atomic E-state index is 0.465. The summed E-state index contributed by atoms with van der Waals surface area (Å²) in [6.07, 6.45) is 0. The summed E-state index contributed by atoms with van der Waals surface area (Å²) in [5, 5.41) is 0. The highest BCUT2D eigenvalue weighted by Crippen LogP contribution is 2.26. The Labute approximate surface area is 113 Å². The molecule has 1 heterocycles. The van der Waals surface area contributed by atoms with Crippen LogP contribution in [0.3, 0.4) is 0 Å². The van der Waals surface area contributed by atoms with Crippen molar-refractivity contribution in [3.05, 3.63) is 52.7 Å². The van der Waals surface area contributed by atoms with Crippen LogP contribution in [0.5, 0.6) is 11.6 Å². The fourth-order valence-electron chi connectivity index (χ4n) is 1.77. The first kappa shape index (κ1) is 12.9. The first-order valence-electron chi connectivity index (χ1n) is 5.87. The van der Waals surface area contributed by atoms with Crippen molar-refractivity contribution in [2.75, 3.05) is 0 Å². The molecular formula is C15H16ClNO. The summed E-state index contributed by atoms with van der Waals surface area (Å²) in [5.41, 5.74) is 4.19. The van der Waals surface area contributed by atoms with Gasteiger partial charge in [-0.05, 0) is 49.6 Å². The van der Waals surface area contributed by atoms with Gasteiger partial charge in [0.25, 0.3) is 0 Å². The molecule has 0 amide bonds. The Kier molecular flexibility index (Phi) is 3.87. The van der Waals surface area contributed by atoms with E-state index in [1.165, 1.54) is 5.56 Å². The molecule has 0 fully saturated rings. The number of aromatic nitrogens is 1. The van der Waals surface area contributed by atoms with Crippen molar-refractivity contribution >= 4 is 11.6 Å². The van der Waals surface area contributed by atoms with E-state index in [1.807, 2.05) is 45.0 Å². The van der Waals surface area contributed by atoms with Crippen LogP contribution in [0.15, 0.2) is 30.3 Å². The van der Waals surface area contributed by atoms with Gasteiger partial charge in [-0.3, -0.25) is 0 Å². The number of halogens is 1. The van der Waals surface area contributed by atoms with Crippen LogP contribution in [-0.4, -0.2) is 4.98 Å². The Bertz CT molecular complexity index is 566. The van der Waals surface area contributed by atoms with Crippen LogP contribution in [0.4, 0.5) is 0 Å². The fraction of sp³-hybridized carbons (Fsp3) is 0.267. The van der Waals surface area contributed by atoms with E-state index in [-0.39, 0.29) is 0 Å². The molecule has 2 nitrogen and oxygen atoms in total. The van der Waals surface area contributed by atoms with Gasteiger partial charge in [0.05, 0.1) is 0 Å². The number of pyridine rings is 1. The van der Waals surface area contributed by atoms with E-state index in [4.69, 9.17) is 16.3 Å². The maximum absolute atomic E-state index is 5.85. The summed E-state index contributed by atoms with van der Waals surface area (Å²) < 4.78 is 5.84. The van der Waals surface area contributed by atoms with E-state index in [9.17, 15) is 0 Å².